The van der Waals surface area contributed by atoms with E-state index in [1.807, 2.05) is 32.9 Å². The van der Waals surface area contributed by atoms with Gasteiger partial charge in [-0.15, -0.1) is 0 Å². The number of benzene rings is 1. The Balaban J connectivity index is 1.82. The molecular weight excluding hydrogens is 340 g/mol. The van der Waals surface area contributed by atoms with E-state index in [4.69, 9.17) is 9.88 Å². The molecule has 138 valence electrons. The van der Waals surface area contributed by atoms with Gasteiger partial charge in [-0.25, -0.2) is 4.79 Å². The molecule has 3 N–H and O–H groups in total. The van der Waals surface area contributed by atoms with Crippen LogP contribution in [0.3, 0.4) is 0 Å². The predicted octanol–water partition coefficient (Wildman–Crippen LogP) is 1.99. The van der Waals surface area contributed by atoms with Gasteiger partial charge in [-0.1, -0.05) is 12.1 Å². The van der Waals surface area contributed by atoms with Gasteiger partial charge >= 0.3 is 6.09 Å². The Morgan fingerprint density at radius 1 is 1.16 bits per heavy atom. The van der Waals surface area contributed by atoms with Crippen LogP contribution in [0.1, 0.15) is 36.7 Å². The van der Waals surface area contributed by atoms with Gasteiger partial charge in [0.2, 0.25) is 0 Å². The molecule has 1 aromatic carbocycles. The topological polar surface area (TPSA) is 87.9 Å². The highest BCUT2D eigenvalue weighted by atomic mass is 32.2. The molecule has 1 saturated heterocycles. The maximum atomic E-state index is 12.1. The van der Waals surface area contributed by atoms with E-state index in [1.165, 1.54) is 0 Å². The molecule has 0 atom stereocenters. The van der Waals surface area contributed by atoms with Gasteiger partial charge in [0.05, 0.1) is 0 Å². The number of amides is 2. The van der Waals surface area contributed by atoms with Crippen molar-refractivity contribution in [2.45, 2.75) is 32.9 Å². The predicted molar refractivity (Wildman–Crippen MR) is 98.8 cm³/mol. The summed E-state index contributed by atoms with van der Waals surface area (Å²) in [5, 5.41) is 5.23. The Morgan fingerprint density at radius 3 is 2.28 bits per heavy atom. The Kier molecular flexibility index (Phi) is 6.69. The first-order valence-electron chi connectivity index (χ1n) is 8.24. The van der Waals surface area contributed by atoms with Gasteiger partial charge in [0.1, 0.15) is 5.60 Å². The molecule has 0 aromatic heterocycles. The average Bonchev–Trinajstić information content (AvgIpc) is 2.55. The molecule has 1 aliphatic heterocycles. The fourth-order valence-electron chi connectivity index (χ4n) is 2.55. The molecule has 25 heavy (non-hydrogen) atoms. The first-order chi connectivity index (χ1) is 11.8. The van der Waals surface area contributed by atoms with Crippen molar-refractivity contribution in [2.24, 2.45) is 5.14 Å². The molecule has 0 saturated carbocycles. The van der Waals surface area contributed by atoms with Crippen molar-refractivity contribution in [1.82, 2.24) is 14.5 Å². The lowest BCUT2D eigenvalue weighted by molar-refractivity contribution is 0.0139. The van der Waals surface area contributed by atoms with Crippen LogP contribution in [0.15, 0.2) is 24.3 Å². The first-order valence-corrected chi connectivity index (χ1v) is 9.12. The van der Waals surface area contributed by atoms with E-state index >= 15 is 0 Å². The number of hydrogen-bond donors (Lipinski definition) is 2. The highest BCUT2D eigenvalue weighted by Gasteiger charge is 2.25. The molecule has 0 spiro atoms. The number of nitrogens with one attached hydrogen (secondary N) is 1. The van der Waals surface area contributed by atoms with Gasteiger partial charge < -0.3 is 9.64 Å². The third-order valence-electron chi connectivity index (χ3n) is 3.80. The van der Waals surface area contributed by atoms with Crippen molar-refractivity contribution in [1.29, 1.82) is 0 Å². The number of carbonyl (C=O) groups excluding carboxylic acids is 2. The number of nitrogens with two attached hydrogens (primary N) is 1. The third-order valence-corrected chi connectivity index (χ3v) is 4.10. The van der Waals surface area contributed by atoms with E-state index in [1.54, 1.807) is 17.0 Å². The second-order valence-electron chi connectivity index (χ2n) is 6.99. The van der Waals surface area contributed by atoms with Crippen LogP contribution in [0, 0.1) is 0 Å². The van der Waals surface area contributed by atoms with Crippen molar-refractivity contribution in [3.05, 3.63) is 35.4 Å². The number of ether oxygens (including phenoxy) is 1. The maximum Gasteiger partial charge on any atom is 0.410 e. The van der Waals surface area contributed by atoms with Crippen molar-refractivity contribution in [3.63, 3.8) is 0 Å². The second-order valence-corrected chi connectivity index (χ2v) is 7.43. The van der Waals surface area contributed by atoms with Crippen molar-refractivity contribution in [2.75, 3.05) is 26.2 Å². The summed E-state index contributed by atoms with van der Waals surface area (Å²) >= 11 is 0.793. The summed E-state index contributed by atoms with van der Waals surface area (Å²) in [5.41, 5.74) is 1.24. The number of nitrogens with zero attached hydrogens (tertiary/aromatic N) is 2. The summed E-state index contributed by atoms with van der Waals surface area (Å²) in [6.45, 7) is 9.31. The number of piperazine rings is 1. The summed E-state index contributed by atoms with van der Waals surface area (Å²) in [5.74, 6) is -0.204. The van der Waals surface area contributed by atoms with Crippen LogP contribution in [0.4, 0.5) is 4.79 Å². The lowest BCUT2D eigenvalue weighted by Gasteiger charge is -2.35. The standard InChI is InChI=1S/C17H26N4O3S/c1-17(2,3)24-16(23)21-10-8-20(9-11-21)12-13-4-6-14(7-5-13)15(22)19-25-18/h4-7H,8-12,18H2,1-3H3,(H,19,22). The highest BCUT2D eigenvalue weighted by molar-refractivity contribution is 7.95. The molecule has 0 aliphatic carbocycles. The Labute approximate surface area is 153 Å². The molecule has 2 amide bonds. The van der Waals surface area contributed by atoms with Crippen LogP contribution in [-0.4, -0.2) is 53.6 Å². The lowest BCUT2D eigenvalue weighted by atomic mass is 10.1. The van der Waals surface area contributed by atoms with E-state index in [-0.39, 0.29) is 12.0 Å². The summed E-state index contributed by atoms with van der Waals surface area (Å²) in [6, 6.07) is 7.46. The van der Waals surface area contributed by atoms with E-state index in [2.05, 4.69) is 9.62 Å². The minimum Gasteiger partial charge on any atom is -0.444 e. The molecule has 0 radical (unpaired) electrons. The summed E-state index contributed by atoms with van der Waals surface area (Å²) in [4.78, 5) is 27.8. The number of carbonyl (C=O) groups is 2. The van der Waals surface area contributed by atoms with Crippen LogP contribution in [0.25, 0.3) is 0 Å². The minimum absolute atomic E-state index is 0.204. The molecule has 1 aliphatic rings. The molecule has 2 rings (SSSR count). The van der Waals surface area contributed by atoms with Crippen molar-refractivity contribution < 1.29 is 14.3 Å². The minimum atomic E-state index is -0.468. The van der Waals surface area contributed by atoms with Gasteiger partial charge in [-0.05, 0) is 38.5 Å². The van der Waals surface area contributed by atoms with Gasteiger partial charge in [0.15, 0.2) is 0 Å². The van der Waals surface area contributed by atoms with Gasteiger partial charge in [-0.2, -0.15) is 0 Å². The fourth-order valence-corrected chi connectivity index (χ4v) is 2.77. The normalized spacial score (nSPS) is 15.8. The average molecular weight is 366 g/mol. The number of rotatable bonds is 4. The van der Waals surface area contributed by atoms with Gasteiger partial charge in [-0.3, -0.25) is 19.6 Å². The van der Waals surface area contributed by atoms with E-state index < -0.39 is 5.60 Å². The van der Waals surface area contributed by atoms with E-state index in [0.717, 1.165) is 37.3 Å². The monoisotopic (exact) mass is 366 g/mol. The Morgan fingerprint density at radius 2 is 1.76 bits per heavy atom. The third kappa shape index (κ3) is 6.22. The molecule has 1 heterocycles. The molecule has 8 heteroatoms. The molecule has 0 unspecified atom stereocenters. The summed E-state index contributed by atoms with van der Waals surface area (Å²) < 4.78 is 7.90. The second kappa shape index (κ2) is 8.55. The Hall–Kier alpha value is -1.77. The van der Waals surface area contributed by atoms with Crippen LogP contribution in [-0.2, 0) is 11.3 Å². The largest absolute Gasteiger partial charge is 0.444 e. The van der Waals surface area contributed by atoms with Crippen LogP contribution in [0.2, 0.25) is 0 Å². The SMILES string of the molecule is CC(C)(C)OC(=O)N1CCN(Cc2ccc(C(=O)NSN)cc2)CC1. The van der Waals surface area contributed by atoms with Crippen LogP contribution in [0.5, 0.6) is 0 Å². The summed E-state index contributed by atoms with van der Waals surface area (Å²) in [7, 11) is 0. The van der Waals surface area contributed by atoms with Crippen molar-refractivity contribution >= 4 is 24.1 Å². The molecule has 7 nitrogen and oxygen atoms in total. The maximum absolute atomic E-state index is 12.1. The summed E-state index contributed by atoms with van der Waals surface area (Å²) in [6.07, 6.45) is -0.250. The van der Waals surface area contributed by atoms with Crippen LogP contribution < -0.4 is 9.86 Å². The zero-order valence-corrected chi connectivity index (χ0v) is 15.8. The zero-order valence-electron chi connectivity index (χ0n) is 14.9. The number of hydrogen-bond acceptors (Lipinski definition) is 6. The van der Waals surface area contributed by atoms with Gasteiger partial charge in [0.25, 0.3) is 5.91 Å². The van der Waals surface area contributed by atoms with Crippen molar-refractivity contribution in [3.8, 4) is 0 Å². The van der Waals surface area contributed by atoms with E-state index in [0.29, 0.717) is 18.7 Å². The molecule has 0 bridgehead atoms. The van der Waals surface area contributed by atoms with Crippen LogP contribution >= 0.6 is 12.1 Å². The van der Waals surface area contributed by atoms with E-state index in [9.17, 15) is 9.59 Å². The fraction of sp³-hybridized carbons (Fsp3) is 0.529. The molecular formula is C17H26N4O3S. The quantitative estimate of drug-likeness (QED) is 0.793. The molecule has 1 aromatic rings. The smallest absolute Gasteiger partial charge is 0.410 e. The Bertz CT molecular complexity index is 593. The molecule has 1 fully saturated rings. The first kappa shape index (κ1) is 19.6. The zero-order chi connectivity index (χ0) is 18.4. The van der Waals surface area contributed by atoms with Gasteiger partial charge in [0, 0.05) is 50.4 Å². The highest BCUT2D eigenvalue weighted by Crippen LogP contribution is 2.14. The lowest BCUT2D eigenvalue weighted by Crippen LogP contribution is -2.49.